The molecular weight excluding hydrogens is 322 g/mol. The summed E-state index contributed by atoms with van der Waals surface area (Å²) in [6, 6.07) is -0.0380. The van der Waals surface area contributed by atoms with E-state index in [2.05, 4.69) is 15.0 Å². The predicted molar refractivity (Wildman–Crippen MR) is 74.8 cm³/mol. The van der Waals surface area contributed by atoms with Gasteiger partial charge < -0.3 is 14.4 Å². The molecule has 21 heavy (non-hydrogen) atoms. The zero-order valence-corrected chi connectivity index (χ0v) is 12.2. The first-order valence-corrected chi connectivity index (χ1v) is 7.10. The van der Waals surface area contributed by atoms with Crippen molar-refractivity contribution in [1.82, 2.24) is 15.0 Å². The van der Waals surface area contributed by atoms with Gasteiger partial charge in [-0.15, -0.1) is 0 Å². The monoisotopic (exact) mass is 330 g/mol. The second-order valence-corrected chi connectivity index (χ2v) is 5.49. The van der Waals surface area contributed by atoms with Gasteiger partial charge in [-0.2, -0.15) is 9.97 Å². The van der Waals surface area contributed by atoms with E-state index in [1.807, 2.05) is 4.90 Å². The van der Waals surface area contributed by atoms with Gasteiger partial charge in [0, 0.05) is 6.54 Å². The Hall–Kier alpha value is -1.44. The number of rotatable bonds is 0. The van der Waals surface area contributed by atoms with Crippen molar-refractivity contribution in [2.24, 2.45) is 0 Å². The number of aromatic nitrogens is 3. The highest BCUT2D eigenvalue weighted by atomic mass is 35.5. The van der Waals surface area contributed by atoms with Crippen LogP contribution in [-0.2, 0) is 4.74 Å². The highest BCUT2D eigenvalue weighted by Gasteiger charge is 2.33. The molecule has 4 heterocycles. The normalized spacial score (nSPS) is 20.9. The van der Waals surface area contributed by atoms with Crippen molar-refractivity contribution in [3.05, 3.63) is 16.3 Å². The Bertz CT molecular complexity index is 745. The largest absolute Gasteiger partial charge is 0.475 e. The van der Waals surface area contributed by atoms with E-state index in [9.17, 15) is 4.39 Å². The molecule has 4 rings (SSSR count). The van der Waals surface area contributed by atoms with Gasteiger partial charge in [0.05, 0.1) is 19.3 Å². The fraction of sp³-hybridized carbons (Fsp3) is 0.417. The van der Waals surface area contributed by atoms with Crippen LogP contribution in [0.3, 0.4) is 0 Å². The molecule has 2 aliphatic rings. The Morgan fingerprint density at radius 3 is 2.90 bits per heavy atom. The molecule has 2 aliphatic heterocycles. The molecular formula is C12H9Cl2FN4O2. The summed E-state index contributed by atoms with van der Waals surface area (Å²) in [4.78, 5) is 14.1. The van der Waals surface area contributed by atoms with E-state index >= 15 is 0 Å². The first-order valence-electron chi connectivity index (χ1n) is 6.34. The molecule has 1 fully saturated rings. The number of hydrogen-bond acceptors (Lipinski definition) is 6. The van der Waals surface area contributed by atoms with Gasteiger partial charge in [0.25, 0.3) is 0 Å². The molecule has 1 saturated heterocycles. The number of nitrogens with zero attached hydrogens (tertiary/aromatic N) is 4. The van der Waals surface area contributed by atoms with Crippen LogP contribution in [-0.4, -0.2) is 47.4 Å². The Morgan fingerprint density at radius 1 is 1.19 bits per heavy atom. The van der Waals surface area contributed by atoms with Gasteiger partial charge in [-0.1, -0.05) is 11.6 Å². The second-order valence-electron chi connectivity index (χ2n) is 4.79. The lowest BCUT2D eigenvalue weighted by atomic mass is 10.2. The summed E-state index contributed by atoms with van der Waals surface area (Å²) in [5.41, 5.74) is 0.0205. The average Bonchev–Trinajstić information content (AvgIpc) is 2.63. The number of hydrogen-bond donors (Lipinski definition) is 0. The predicted octanol–water partition coefficient (Wildman–Crippen LogP) is 2.07. The molecule has 1 unspecified atom stereocenters. The molecule has 110 valence electrons. The van der Waals surface area contributed by atoms with E-state index in [-0.39, 0.29) is 27.9 Å². The summed E-state index contributed by atoms with van der Waals surface area (Å²) in [5, 5.41) is 0.0526. The minimum absolute atomic E-state index is 0.0205. The summed E-state index contributed by atoms with van der Waals surface area (Å²) in [7, 11) is 0. The zero-order chi connectivity index (χ0) is 14.6. The Morgan fingerprint density at radius 2 is 2.05 bits per heavy atom. The van der Waals surface area contributed by atoms with Crippen LogP contribution in [0.25, 0.3) is 10.9 Å². The lowest BCUT2D eigenvalue weighted by molar-refractivity contribution is 0.0776. The van der Waals surface area contributed by atoms with Gasteiger partial charge in [-0.3, -0.25) is 0 Å². The molecule has 0 aliphatic carbocycles. The molecule has 9 heteroatoms. The van der Waals surface area contributed by atoms with E-state index in [4.69, 9.17) is 32.7 Å². The molecule has 0 amide bonds. The average molecular weight is 331 g/mol. The van der Waals surface area contributed by atoms with Crippen molar-refractivity contribution >= 4 is 39.9 Å². The third-order valence-electron chi connectivity index (χ3n) is 3.58. The maximum atomic E-state index is 14.2. The van der Waals surface area contributed by atoms with Gasteiger partial charge in [0.1, 0.15) is 23.3 Å². The maximum Gasteiger partial charge on any atom is 0.228 e. The number of ether oxygens (including phenoxy) is 2. The molecule has 1 atom stereocenters. The van der Waals surface area contributed by atoms with Crippen molar-refractivity contribution in [2.75, 3.05) is 31.3 Å². The maximum absolute atomic E-state index is 14.2. The van der Waals surface area contributed by atoms with Crippen molar-refractivity contribution in [3.8, 4) is 5.88 Å². The molecule has 0 saturated carbocycles. The van der Waals surface area contributed by atoms with Gasteiger partial charge in [0.2, 0.25) is 11.2 Å². The van der Waals surface area contributed by atoms with Crippen LogP contribution < -0.4 is 9.64 Å². The Kier molecular flexibility index (Phi) is 3.02. The molecule has 0 aromatic carbocycles. The van der Waals surface area contributed by atoms with Crippen LogP contribution in [0.4, 0.5) is 10.2 Å². The molecule has 0 bridgehead atoms. The van der Waals surface area contributed by atoms with Crippen LogP contribution in [0.5, 0.6) is 5.88 Å². The van der Waals surface area contributed by atoms with E-state index < -0.39 is 5.82 Å². The quantitative estimate of drug-likeness (QED) is 0.544. The van der Waals surface area contributed by atoms with Crippen molar-refractivity contribution in [1.29, 1.82) is 0 Å². The topological polar surface area (TPSA) is 60.4 Å². The van der Waals surface area contributed by atoms with Crippen LogP contribution in [0.2, 0.25) is 10.4 Å². The van der Waals surface area contributed by atoms with Crippen LogP contribution >= 0.6 is 23.2 Å². The smallest absolute Gasteiger partial charge is 0.228 e. The van der Waals surface area contributed by atoms with Crippen molar-refractivity contribution in [3.63, 3.8) is 0 Å². The summed E-state index contributed by atoms with van der Waals surface area (Å²) in [5.74, 6) is 0.00242. The molecule has 2 aromatic heterocycles. The van der Waals surface area contributed by atoms with Crippen molar-refractivity contribution < 1.29 is 13.9 Å². The van der Waals surface area contributed by atoms with E-state index in [0.717, 1.165) is 0 Å². The first kappa shape index (κ1) is 13.2. The number of anilines is 1. The molecule has 0 spiro atoms. The lowest BCUT2D eigenvalue weighted by Crippen LogP contribution is -2.48. The third-order valence-corrected chi connectivity index (χ3v) is 4.00. The van der Waals surface area contributed by atoms with Gasteiger partial charge >= 0.3 is 0 Å². The fourth-order valence-corrected chi connectivity index (χ4v) is 2.96. The second kappa shape index (κ2) is 4.79. The van der Waals surface area contributed by atoms with Crippen LogP contribution in [0.15, 0.2) is 0 Å². The summed E-state index contributed by atoms with van der Waals surface area (Å²) in [6.07, 6.45) is 0. The summed E-state index contributed by atoms with van der Waals surface area (Å²) < 4.78 is 25.3. The number of fused-ring (bicyclic) bond motifs is 2. The number of halogens is 3. The van der Waals surface area contributed by atoms with Crippen LogP contribution in [0.1, 0.15) is 0 Å². The standard InChI is InChI=1S/C12H9Cl2FN4O2/c13-9-7(15)8-6-10(18-12(14)16-8)19-1-2-20-3-5(19)4-21-11(6)17-9/h5H,1-4H2. The van der Waals surface area contributed by atoms with E-state index in [1.165, 1.54) is 0 Å². The molecule has 0 radical (unpaired) electrons. The summed E-state index contributed by atoms with van der Waals surface area (Å²) in [6.45, 7) is 2.00. The van der Waals surface area contributed by atoms with Gasteiger partial charge in [0.15, 0.2) is 11.0 Å². The van der Waals surface area contributed by atoms with Crippen molar-refractivity contribution in [2.45, 2.75) is 6.04 Å². The number of pyridine rings is 1. The minimum Gasteiger partial charge on any atom is -0.475 e. The number of morpholine rings is 1. The third kappa shape index (κ3) is 1.99. The Balaban J connectivity index is 2.06. The Labute approximate surface area is 128 Å². The van der Waals surface area contributed by atoms with E-state index in [1.54, 1.807) is 0 Å². The lowest BCUT2D eigenvalue weighted by Gasteiger charge is -2.34. The minimum atomic E-state index is -0.726. The van der Waals surface area contributed by atoms with E-state index in [0.29, 0.717) is 37.6 Å². The van der Waals surface area contributed by atoms with Gasteiger partial charge in [-0.25, -0.2) is 9.37 Å². The van der Waals surface area contributed by atoms with Gasteiger partial charge in [-0.05, 0) is 11.6 Å². The highest BCUT2D eigenvalue weighted by molar-refractivity contribution is 6.31. The zero-order valence-electron chi connectivity index (χ0n) is 10.6. The first-order chi connectivity index (χ1) is 10.1. The molecule has 2 aromatic rings. The SMILES string of the molecule is Fc1c(Cl)nc2c3c(nc(Cl)nc13)N1CCOCC1CO2. The van der Waals surface area contributed by atoms with Crippen LogP contribution in [0, 0.1) is 5.82 Å². The molecule has 0 N–H and O–H groups in total. The molecule has 6 nitrogen and oxygen atoms in total. The fourth-order valence-electron chi connectivity index (χ4n) is 2.63. The highest BCUT2D eigenvalue weighted by Crippen LogP contribution is 2.38. The summed E-state index contributed by atoms with van der Waals surface area (Å²) >= 11 is 11.7.